The van der Waals surface area contributed by atoms with Crippen LogP contribution in [0.4, 0.5) is 11.4 Å². The van der Waals surface area contributed by atoms with Gasteiger partial charge in [-0.15, -0.1) is 0 Å². The number of hydrogen-bond acceptors (Lipinski definition) is 4. The number of aliphatic hydroxyl groups excluding tert-OH is 1. The number of nitrogens with one attached hydrogen (secondary N) is 1. The number of anilines is 2. The van der Waals surface area contributed by atoms with Crippen molar-refractivity contribution in [3.63, 3.8) is 0 Å². The molecule has 5 nitrogen and oxygen atoms in total. The van der Waals surface area contributed by atoms with Crippen molar-refractivity contribution in [2.75, 3.05) is 5.32 Å². The van der Waals surface area contributed by atoms with Crippen molar-refractivity contribution in [3.8, 4) is 0 Å². The first-order chi connectivity index (χ1) is 10.2. The standard InChI is InChI=1S/C16H15N3O2/c1-11(21)12-3-2-4-14(7-12)18-15-6-5-13-9-17-19(10-20)16(13)8-15/h2-9,18,20H,10H2,1H3. The molecule has 0 bridgehead atoms. The van der Waals surface area contributed by atoms with Gasteiger partial charge in [-0.1, -0.05) is 12.1 Å². The Hall–Kier alpha value is -2.66. The molecule has 3 aromatic rings. The third-order valence-electron chi connectivity index (χ3n) is 3.34. The Balaban J connectivity index is 1.94. The molecule has 0 radical (unpaired) electrons. The third kappa shape index (κ3) is 2.64. The number of nitrogens with zero attached hydrogens (tertiary/aromatic N) is 2. The van der Waals surface area contributed by atoms with Crippen LogP contribution in [0.15, 0.2) is 48.7 Å². The second-order valence-electron chi connectivity index (χ2n) is 4.82. The van der Waals surface area contributed by atoms with Crippen LogP contribution in [0, 0.1) is 0 Å². The SMILES string of the molecule is CC(=O)c1cccc(Nc2ccc3cnn(CO)c3c2)c1. The maximum absolute atomic E-state index is 11.4. The number of rotatable bonds is 4. The van der Waals surface area contributed by atoms with E-state index in [1.807, 2.05) is 36.4 Å². The molecule has 1 aromatic heterocycles. The zero-order valence-corrected chi connectivity index (χ0v) is 11.6. The lowest BCUT2D eigenvalue weighted by atomic mass is 10.1. The summed E-state index contributed by atoms with van der Waals surface area (Å²) in [5, 5.41) is 17.6. The summed E-state index contributed by atoms with van der Waals surface area (Å²) in [5.74, 6) is 0.0347. The number of aliphatic hydroxyl groups is 1. The summed E-state index contributed by atoms with van der Waals surface area (Å²) in [4.78, 5) is 11.4. The van der Waals surface area contributed by atoms with E-state index >= 15 is 0 Å². The molecule has 0 amide bonds. The van der Waals surface area contributed by atoms with Crippen molar-refractivity contribution < 1.29 is 9.90 Å². The van der Waals surface area contributed by atoms with Crippen molar-refractivity contribution in [2.24, 2.45) is 0 Å². The lowest BCUT2D eigenvalue weighted by Crippen LogP contribution is -1.99. The Kier molecular flexibility index (Phi) is 3.41. The van der Waals surface area contributed by atoms with Crippen molar-refractivity contribution >= 4 is 28.1 Å². The number of ketones is 1. The van der Waals surface area contributed by atoms with Gasteiger partial charge in [-0.25, -0.2) is 4.68 Å². The summed E-state index contributed by atoms with van der Waals surface area (Å²) in [6.07, 6.45) is 1.71. The average Bonchev–Trinajstić information content (AvgIpc) is 2.90. The molecule has 1 heterocycles. The number of carbonyl (C=O) groups is 1. The van der Waals surface area contributed by atoms with Crippen molar-refractivity contribution in [2.45, 2.75) is 13.7 Å². The highest BCUT2D eigenvalue weighted by atomic mass is 16.3. The van der Waals surface area contributed by atoms with Gasteiger partial charge in [0.15, 0.2) is 5.78 Å². The van der Waals surface area contributed by atoms with Crippen LogP contribution in [0.2, 0.25) is 0 Å². The maximum Gasteiger partial charge on any atom is 0.159 e. The second kappa shape index (κ2) is 5.38. The first-order valence-corrected chi connectivity index (χ1v) is 6.62. The van der Waals surface area contributed by atoms with E-state index in [9.17, 15) is 9.90 Å². The van der Waals surface area contributed by atoms with Crippen LogP contribution in [0.3, 0.4) is 0 Å². The molecule has 106 valence electrons. The predicted molar refractivity (Wildman–Crippen MR) is 81.7 cm³/mol. The lowest BCUT2D eigenvalue weighted by molar-refractivity contribution is 0.101. The van der Waals surface area contributed by atoms with E-state index in [4.69, 9.17) is 0 Å². The monoisotopic (exact) mass is 281 g/mol. The number of carbonyl (C=O) groups excluding carboxylic acids is 1. The molecule has 0 fully saturated rings. The fourth-order valence-corrected chi connectivity index (χ4v) is 2.24. The molecule has 0 unspecified atom stereocenters. The minimum absolute atomic E-state index is 0.0347. The molecule has 0 spiro atoms. The molecule has 0 atom stereocenters. The van der Waals surface area contributed by atoms with Crippen LogP contribution in [0.25, 0.3) is 10.9 Å². The fourth-order valence-electron chi connectivity index (χ4n) is 2.24. The van der Waals surface area contributed by atoms with Crippen LogP contribution < -0.4 is 5.32 Å². The molecule has 3 rings (SSSR count). The van der Waals surface area contributed by atoms with E-state index in [2.05, 4.69) is 10.4 Å². The highest BCUT2D eigenvalue weighted by Crippen LogP contribution is 2.23. The van der Waals surface area contributed by atoms with Crippen molar-refractivity contribution in [1.29, 1.82) is 0 Å². The first-order valence-electron chi connectivity index (χ1n) is 6.62. The molecular weight excluding hydrogens is 266 g/mol. The summed E-state index contributed by atoms with van der Waals surface area (Å²) in [5.41, 5.74) is 3.24. The molecule has 2 N–H and O–H groups in total. The molecule has 0 saturated heterocycles. The first kappa shape index (κ1) is 13.3. The summed E-state index contributed by atoms with van der Waals surface area (Å²) in [6.45, 7) is 1.39. The van der Waals surface area contributed by atoms with Gasteiger partial charge < -0.3 is 10.4 Å². The van der Waals surface area contributed by atoms with Gasteiger partial charge in [0.1, 0.15) is 6.73 Å². The van der Waals surface area contributed by atoms with Gasteiger partial charge in [0.2, 0.25) is 0 Å². The number of aromatic nitrogens is 2. The molecule has 0 aliphatic carbocycles. The van der Waals surface area contributed by atoms with Crippen LogP contribution in [0.5, 0.6) is 0 Å². The van der Waals surface area contributed by atoms with E-state index in [0.717, 1.165) is 22.3 Å². The largest absolute Gasteiger partial charge is 0.374 e. The van der Waals surface area contributed by atoms with Gasteiger partial charge in [-0.2, -0.15) is 5.10 Å². The minimum Gasteiger partial charge on any atom is -0.374 e. The van der Waals surface area contributed by atoms with E-state index in [0.29, 0.717) is 5.56 Å². The van der Waals surface area contributed by atoms with E-state index < -0.39 is 0 Å². The van der Waals surface area contributed by atoms with Crippen molar-refractivity contribution in [1.82, 2.24) is 9.78 Å². The average molecular weight is 281 g/mol. The Morgan fingerprint density at radius 2 is 2.05 bits per heavy atom. The van der Waals surface area contributed by atoms with Crippen molar-refractivity contribution in [3.05, 3.63) is 54.2 Å². The molecule has 0 aliphatic rings. The Labute approximate surface area is 121 Å². The number of benzene rings is 2. The van der Waals surface area contributed by atoms with E-state index in [-0.39, 0.29) is 12.5 Å². The molecule has 5 heteroatoms. The highest BCUT2D eigenvalue weighted by molar-refractivity contribution is 5.95. The van der Waals surface area contributed by atoms with Gasteiger partial charge in [0.05, 0.1) is 11.7 Å². The topological polar surface area (TPSA) is 67.2 Å². The highest BCUT2D eigenvalue weighted by Gasteiger charge is 2.04. The maximum atomic E-state index is 11.4. The summed E-state index contributed by atoms with van der Waals surface area (Å²) < 4.78 is 1.52. The third-order valence-corrected chi connectivity index (χ3v) is 3.34. The summed E-state index contributed by atoms with van der Waals surface area (Å²) >= 11 is 0. The van der Waals surface area contributed by atoms with Crippen LogP contribution >= 0.6 is 0 Å². The summed E-state index contributed by atoms with van der Waals surface area (Å²) in [7, 11) is 0. The molecule has 21 heavy (non-hydrogen) atoms. The number of Topliss-reactive ketones (excluding diaryl/α,β-unsaturated/α-hetero) is 1. The Morgan fingerprint density at radius 3 is 2.81 bits per heavy atom. The van der Waals surface area contributed by atoms with Crippen LogP contribution in [-0.2, 0) is 6.73 Å². The van der Waals surface area contributed by atoms with Gasteiger partial charge in [0.25, 0.3) is 0 Å². The van der Waals surface area contributed by atoms with Gasteiger partial charge in [-0.05, 0) is 37.3 Å². The molecular formula is C16H15N3O2. The second-order valence-corrected chi connectivity index (χ2v) is 4.82. The fraction of sp³-hybridized carbons (Fsp3) is 0.125. The quantitative estimate of drug-likeness (QED) is 0.721. The van der Waals surface area contributed by atoms with Gasteiger partial charge in [-0.3, -0.25) is 4.79 Å². The zero-order chi connectivity index (χ0) is 14.8. The normalized spacial score (nSPS) is 10.8. The predicted octanol–water partition coefficient (Wildman–Crippen LogP) is 2.93. The van der Waals surface area contributed by atoms with Crippen LogP contribution in [0.1, 0.15) is 17.3 Å². The molecule has 2 aromatic carbocycles. The van der Waals surface area contributed by atoms with E-state index in [1.54, 1.807) is 19.2 Å². The number of hydrogen-bond donors (Lipinski definition) is 2. The summed E-state index contributed by atoms with van der Waals surface area (Å²) in [6, 6.07) is 13.1. The van der Waals surface area contributed by atoms with E-state index in [1.165, 1.54) is 4.68 Å². The smallest absolute Gasteiger partial charge is 0.159 e. The molecule has 0 aliphatic heterocycles. The van der Waals surface area contributed by atoms with Crippen LogP contribution in [-0.4, -0.2) is 20.7 Å². The van der Waals surface area contributed by atoms with Gasteiger partial charge >= 0.3 is 0 Å². The zero-order valence-electron chi connectivity index (χ0n) is 11.6. The number of fused-ring (bicyclic) bond motifs is 1. The Bertz CT molecular complexity index is 808. The minimum atomic E-state index is -0.160. The lowest BCUT2D eigenvalue weighted by Gasteiger charge is -2.08. The Morgan fingerprint density at radius 1 is 1.24 bits per heavy atom. The molecule has 0 saturated carbocycles. The van der Waals surface area contributed by atoms with Gasteiger partial charge in [0, 0.05) is 22.3 Å².